The normalized spacial score (nSPS) is 10.9. The molecule has 0 N–H and O–H groups in total. The van der Waals surface area contributed by atoms with E-state index in [1.54, 1.807) is 24.3 Å². The lowest BCUT2D eigenvalue weighted by Gasteiger charge is -2.04. The molecule has 0 unspecified atom stereocenters. The van der Waals surface area contributed by atoms with Crippen LogP contribution in [0, 0.1) is 0 Å². The molecular weight excluding hydrogens is 272 g/mol. The van der Waals surface area contributed by atoms with E-state index in [4.69, 9.17) is 16.0 Å². The summed E-state index contributed by atoms with van der Waals surface area (Å²) in [5, 5.41) is 1.47. The molecule has 1 heterocycles. The van der Waals surface area contributed by atoms with Crippen molar-refractivity contribution in [1.82, 2.24) is 0 Å². The standard InChI is InChI=1S/C17H13ClO2/c1-2-11-5-3-4-6-14(11)17(19)16-10-12-9-13(18)7-8-15(12)20-16/h3-10H,2H2,1H3. The summed E-state index contributed by atoms with van der Waals surface area (Å²) in [6.45, 7) is 2.03. The van der Waals surface area contributed by atoms with Crippen molar-refractivity contribution in [1.29, 1.82) is 0 Å². The van der Waals surface area contributed by atoms with Gasteiger partial charge in [-0.2, -0.15) is 0 Å². The number of halogens is 1. The van der Waals surface area contributed by atoms with Crippen LogP contribution in [0.4, 0.5) is 0 Å². The van der Waals surface area contributed by atoms with E-state index >= 15 is 0 Å². The smallest absolute Gasteiger partial charge is 0.228 e. The van der Waals surface area contributed by atoms with Crippen molar-refractivity contribution >= 4 is 28.4 Å². The van der Waals surface area contributed by atoms with E-state index in [2.05, 4.69) is 0 Å². The van der Waals surface area contributed by atoms with Gasteiger partial charge < -0.3 is 4.42 Å². The Hall–Kier alpha value is -2.06. The lowest BCUT2D eigenvalue weighted by Crippen LogP contribution is -2.03. The average molecular weight is 285 g/mol. The third-order valence-electron chi connectivity index (χ3n) is 3.35. The number of carbonyl (C=O) groups is 1. The molecule has 0 fully saturated rings. The Kier molecular flexibility index (Phi) is 3.33. The van der Waals surface area contributed by atoms with Gasteiger partial charge in [0.1, 0.15) is 5.58 Å². The summed E-state index contributed by atoms with van der Waals surface area (Å²) >= 11 is 5.95. The van der Waals surface area contributed by atoms with E-state index in [1.807, 2.05) is 31.2 Å². The minimum absolute atomic E-state index is 0.0882. The van der Waals surface area contributed by atoms with Gasteiger partial charge in [0.05, 0.1) is 0 Å². The molecule has 0 radical (unpaired) electrons. The lowest BCUT2D eigenvalue weighted by molar-refractivity contribution is 0.101. The predicted molar refractivity (Wildman–Crippen MR) is 80.5 cm³/mol. The zero-order chi connectivity index (χ0) is 14.1. The second-order valence-electron chi connectivity index (χ2n) is 4.63. The van der Waals surface area contributed by atoms with E-state index in [9.17, 15) is 4.79 Å². The third kappa shape index (κ3) is 2.23. The van der Waals surface area contributed by atoms with Gasteiger partial charge in [0.2, 0.25) is 5.78 Å². The summed E-state index contributed by atoms with van der Waals surface area (Å²) in [5.41, 5.74) is 2.39. The summed E-state index contributed by atoms with van der Waals surface area (Å²) < 4.78 is 5.63. The van der Waals surface area contributed by atoms with Gasteiger partial charge in [-0.15, -0.1) is 0 Å². The van der Waals surface area contributed by atoms with Gasteiger partial charge in [0, 0.05) is 16.0 Å². The molecule has 3 aromatic rings. The summed E-state index contributed by atoms with van der Waals surface area (Å²) in [5.74, 6) is 0.262. The summed E-state index contributed by atoms with van der Waals surface area (Å²) in [7, 11) is 0. The molecule has 0 bridgehead atoms. The first-order valence-electron chi connectivity index (χ1n) is 6.50. The molecule has 2 aromatic carbocycles. The Morgan fingerprint density at radius 1 is 1.15 bits per heavy atom. The molecular formula is C17H13ClO2. The zero-order valence-corrected chi connectivity index (χ0v) is 11.8. The highest BCUT2D eigenvalue weighted by molar-refractivity contribution is 6.31. The maximum absolute atomic E-state index is 12.6. The fourth-order valence-electron chi connectivity index (χ4n) is 2.31. The average Bonchev–Trinajstić information content (AvgIpc) is 2.89. The highest BCUT2D eigenvalue weighted by Crippen LogP contribution is 2.25. The first-order chi connectivity index (χ1) is 9.69. The Morgan fingerprint density at radius 3 is 2.75 bits per heavy atom. The molecule has 0 aliphatic heterocycles. The number of hydrogen-bond acceptors (Lipinski definition) is 2. The molecule has 3 rings (SSSR count). The number of carbonyl (C=O) groups excluding carboxylic acids is 1. The molecule has 0 saturated carbocycles. The molecule has 0 amide bonds. The summed E-state index contributed by atoms with van der Waals surface area (Å²) in [6, 6.07) is 14.7. The van der Waals surface area contributed by atoms with Crippen LogP contribution in [-0.2, 0) is 6.42 Å². The van der Waals surface area contributed by atoms with Crippen molar-refractivity contribution in [3.63, 3.8) is 0 Å². The van der Waals surface area contributed by atoms with Crippen LogP contribution < -0.4 is 0 Å². The van der Waals surface area contributed by atoms with Crippen LogP contribution >= 0.6 is 11.6 Å². The van der Waals surface area contributed by atoms with Crippen molar-refractivity contribution < 1.29 is 9.21 Å². The second-order valence-corrected chi connectivity index (χ2v) is 5.07. The second kappa shape index (κ2) is 5.14. The largest absolute Gasteiger partial charge is 0.453 e. The minimum atomic E-state index is -0.0882. The van der Waals surface area contributed by atoms with Crippen LogP contribution in [0.25, 0.3) is 11.0 Å². The van der Waals surface area contributed by atoms with E-state index < -0.39 is 0 Å². The Bertz CT molecular complexity index is 787. The summed E-state index contributed by atoms with van der Waals surface area (Å²) in [4.78, 5) is 12.6. The van der Waals surface area contributed by atoms with Crippen LogP contribution in [0.15, 0.2) is 52.9 Å². The first kappa shape index (κ1) is 12.9. The monoisotopic (exact) mass is 284 g/mol. The number of hydrogen-bond donors (Lipinski definition) is 0. The van der Waals surface area contributed by atoms with Gasteiger partial charge in [0.25, 0.3) is 0 Å². The molecule has 0 spiro atoms. The van der Waals surface area contributed by atoms with E-state index in [0.29, 0.717) is 21.9 Å². The SMILES string of the molecule is CCc1ccccc1C(=O)c1cc2cc(Cl)ccc2o1. The lowest BCUT2D eigenvalue weighted by atomic mass is 10.0. The van der Waals surface area contributed by atoms with Crippen LogP contribution in [0.1, 0.15) is 28.6 Å². The molecule has 100 valence electrons. The maximum atomic E-state index is 12.6. The molecule has 3 heteroatoms. The topological polar surface area (TPSA) is 30.2 Å². The number of rotatable bonds is 3. The highest BCUT2D eigenvalue weighted by atomic mass is 35.5. The molecule has 20 heavy (non-hydrogen) atoms. The fourth-order valence-corrected chi connectivity index (χ4v) is 2.49. The predicted octanol–water partition coefficient (Wildman–Crippen LogP) is 4.88. The van der Waals surface area contributed by atoms with Crippen molar-refractivity contribution in [2.75, 3.05) is 0 Å². The molecule has 2 nitrogen and oxygen atoms in total. The third-order valence-corrected chi connectivity index (χ3v) is 3.58. The van der Waals surface area contributed by atoms with Crippen molar-refractivity contribution in [2.24, 2.45) is 0 Å². The molecule has 0 aliphatic rings. The molecule has 0 atom stereocenters. The number of furan rings is 1. The number of benzene rings is 2. The Balaban J connectivity index is 2.08. The van der Waals surface area contributed by atoms with Crippen LogP contribution in [-0.4, -0.2) is 5.78 Å². The van der Waals surface area contributed by atoms with E-state index in [-0.39, 0.29) is 5.78 Å². The fraction of sp³-hybridized carbons (Fsp3) is 0.118. The summed E-state index contributed by atoms with van der Waals surface area (Å²) in [6.07, 6.45) is 0.813. The maximum Gasteiger partial charge on any atom is 0.228 e. The Morgan fingerprint density at radius 2 is 1.95 bits per heavy atom. The number of aryl methyl sites for hydroxylation is 1. The van der Waals surface area contributed by atoms with E-state index in [0.717, 1.165) is 17.4 Å². The quantitative estimate of drug-likeness (QED) is 0.642. The van der Waals surface area contributed by atoms with Crippen LogP contribution in [0.5, 0.6) is 0 Å². The van der Waals surface area contributed by atoms with Gasteiger partial charge in [-0.25, -0.2) is 0 Å². The minimum Gasteiger partial charge on any atom is -0.453 e. The molecule has 0 saturated heterocycles. The van der Waals surface area contributed by atoms with Crippen molar-refractivity contribution in [3.05, 3.63) is 70.4 Å². The van der Waals surface area contributed by atoms with Crippen LogP contribution in [0.3, 0.4) is 0 Å². The van der Waals surface area contributed by atoms with Gasteiger partial charge in [0.15, 0.2) is 5.76 Å². The van der Waals surface area contributed by atoms with Gasteiger partial charge in [-0.05, 0) is 36.2 Å². The zero-order valence-electron chi connectivity index (χ0n) is 11.0. The van der Waals surface area contributed by atoms with Crippen molar-refractivity contribution in [3.8, 4) is 0 Å². The van der Waals surface area contributed by atoms with Crippen LogP contribution in [0.2, 0.25) is 5.02 Å². The van der Waals surface area contributed by atoms with Gasteiger partial charge in [-0.3, -0.25) is 4.79 Å². The molecule has 1 aromatic heterocycles. The Labute approximate surface area is 122 Å². The van der Waals surface area contributed by atoms with E-state index in [1.165, 1.54) is 0 Å². The van der Waals surface area contributed by atoms with Crippen molar-refractivity contribution in [2.45, 2.75) is 13.3 Å². The number of fused-ring (bicyclic) bond motifs is 1. The number of ketones is 1. The van der Waals surface area contributed by atoms with Gasteiger partial charge >= 0.3 is 0 Å². The van der Waals surface area contributed by atoms with Gasteiger partial charge in [-0.1, -0.05) is 42.8 Å². The highest BCUT2D eigenvalue weighted by Gasteiger charge is 2.17. The first-order valence-corrected chi connectivity index (χ1v) is 6.88. The molecule has 0 aliphatic carbocycles.